The van der Waals surface area contributed by atoms with Crippen LogP contribution in [0.5, 0.6) is 0 Å². The van der Waals surface area contributed by atoms with Crippen LogP contribution in [0, 0.1) is 25.7 Å². The van der Waals surface area contributed by atoms with Crippen molar-refractivity contribution in [2.75, 3.05) is 0 Å². The lowest BCUT2D eigenvalue weighted by Crippen LogP contribution is -2.20. The third-order valence-electron chi connectivity index (χ3n) is 3.65. The zero-order valence-corrected chi connectivity index (χ0v) is 11.2. The summed E-state index contributed by atoms with van der Waals surface area (Å²) in [7, 11) is 0. The van der Waals surface area contributed by atoms with Crippen LogP contribution in [0.1, 0.15) is 52.7 Å². The van der Waals surface area contributed by atoms with Crippen LogP contribution in [0.2, 0.25) is 0 Å². The maximum Gasteiger partial charge on any atom is 0.176 e. The molecule has 0 unspecified atom stereocenters. The molecule has 0 atom stereocenters. The van der Waals surface area contributed by atoms with Gasteiger partial charge in [-0.3, -0.25) is 4.79 Å². The van der Waals surface area contributed by atoms with Crippen LogP contribution >= 0.6 is 11.3 Å². The van der Waals surface area contributed by atoms with Crippen LogP contribution in [-0.4, -0.2) is 5.78 Å². The summed E-state index contributed by atoms with van der Waals surface area (Å²) in [4.78, 5) is 14.6. The molecule has 0 aliphatic heterocycles. The number of rotatable bonds is 2. The van der Waals surface area contributed by atoms with Gasteiger partial charge in [0.05, 0.1) is 4.88 Å². The van der Waals surface area contributed by atoms with Crippen LogP contribution in [0.15, 0.2) is 6.07 Å². The molecule has 0 spiro atoms. The van der Waals surface area contributed by atoms with Crippen molar-refractivity contribution in [1.29, 1.82) is 0 Å². The summed E-state index contributed by atoms with van der Waals surface area (Å²) < 4.78 is 0. The van der Waals surface area contributed by atoms with Crippen molar-refractivity contribution in [2.45, 2.75) is 46.5 Å². The van der Waals surface area contributed by atoms with E-state index in [1.807, 2.05) is 0 Å². The molecule has 16 heavy (non-hydrogen) atoms. The summed E-state index contributed by atoms with van der Waals surface area (Å²) in [6.07, 6.45) is 4.63. The average molecular weight is 236 g/mol. The molecule has 2 heteroatoms. The maximum absolute atomic E-state index is 12.4. The molecule has 1 aromatic rings. The summed E-state index contributed by atoms with van der Waals surface area (Å²) in [5.74, 6) is 1.52. The largest absolute Gasteiger partial charge is 0.293 e. The van der Waals surface area contributed by atoms with Crippen molar-refractivity contribution < 1.29 is 4.79 Å². The number of aryl methyl sites for hydroxylation is 2. The second kappa shape index (κ2) is 4.70. The first-order chi connectivity index (χ1) is 7.58. The molecule has 0 radical (unpaired) electrons. The smallest absolute Gasteiger partial charge is 0.176 e. The lowest BCUT2D eigenvalue weighted by atomic mass is 9.80. The number of hydrogen-bond donors (Lipinski definition) is 0. The Bertz CT molecular complexity index is 383. The van der Waals surface area contributed by atoms with Gasteiger partial charge in [-0.25, -0.2) is 0 Å². The van der Waals surface area contributed by atoms with Crippen molar-refractivity contribution in [3.8, 4) is 0 Å². The van der Waals surface area contributed by atoms with Gasteiger partial charge in [0.2, 0.25) is 0 Å². The van der Waals surface area contributed by atoms with Crippen molar-refractivity contribution in [3.05, 3.63) is 21.4 Å². The van der Waals surface area contributed by atoms with Gasteiger partial charge in [0, 0.05) is 10.8 Å². The van der Waals surface area contributed by atoms with Crippen LogP contribution in [0.25, 0.3) is 0 Å². The molecule has 88 valence electrons. The number of Topliss-reactive ketones (excluding diaryl/α,β-unsaturated/α-hetero) is 1. The third kappa shape index (κ3) is 2.37. The van der Waals surface area contributed by atoms with E-state index < -0.39 is 0 Å². The van der Waals surface area contributed by atoms with Gasteiger partial charge in [-0.05, 0) is 44.2 Å². The number of thiophene rings is 1. The van der Waals surface area contributed by atoms with E-state index in [2.05, 4.69) is 26.8 Å². The lowest BCUT2D eigenvalue weighted by Gasteiger charge is -2.24. The number of carbonyl (C=O) groups excluding carboxylic acids is 1. The van der Waals surface area contributed by atoms with Crippen molar-refractivity contribution in [1.82, 2.24) is 0 Å². The summed E-state index contributed by atoms with van der Waals surface area (Å²) in [6, 6.07) is 2.13. The van der Waals surface area contributed by atoms with Gasteiger partial charge >= 0.3 is 0 Å². The highest BCUT2D eigenvalue weighted by Gasteiger charge is 2.26. The Morgan fingerprint density at radius 2 is 1.88 bits per heavy atom. The minimum atomic E-state index is 0.299. The van der Waals surface area contributed by atoms with E-state index in [1.165, 1.54) is 23.3 Å². The summed E-state index contributed by atoms with van der Waals surface area (Å²) in [5, 5.41) is 0. The third-order valence-corrected chi connectivity index (χ3v) is 4.82. The highest BCUT2D eigenvalue weighted by molar-refractivity contribution is 7.14. The van der Waals surface area contributed by atoms with Crippen molar-refractivity contribution in [2.24, 2.45) is 11.8 Å². The second-order valence-corrected chi connectivity index (χ2v) is 6.45. The maximum atomic E-state index is 12.4. The molecule has 0 amide bonds. The monoisotopic (exact) mass is 236 g/mol. The Labute approximate surface area is 102 Å². The standard InChI is InChI=1S/C14H20OS/c1-9-4-6-12(7-5-9)13(15)14-10(2)8-11(3)16-14/h8-9,12H,4-7H2,1-3H3. The molecule has 1 aromatic heterocycles. The molecule has 0 aromatic carbocycles. The molecular formula is C14H20OS. The Hall–Kier alpha value is -0.630. The topological polar surface area (TPSA) is 17.1 Å². The van der Waals surface area contributed by atoms with E-state index in [1.54, 1.807) is 11.3 Å². The minimum Gasteiger partial charge on any atom is -0.293 e. The molecular weight excluding hydrogens is 216 g/mol. The predicted molar refractivity (Wildman–Crippen MR) is 69.2 cm³/mol. The SMILES string of the molecule is Cc1cc(C)c(C(=O)C2CCC(C)CC2)s1. The van der Waals surface area contributed by atoms with Crippen LogP contribution in [-0.2, 0) is 0 Å². The average Bonchev–Trinajstić information content (AvgIpc) is 2.58. The second-order valence-electron chi connectivity index (χ2n) is 5.19. The van der Waals surface area contributed by atoms with Gasteiger partial charge in [-0.1, -0.05) is 19.8 Å². The molecule has 1 heterocycles. The molecule has 1 aliphatic rings. The molecule has 0 N–H and O–H groups in total. The number of carbonyl (C=O) groups is 1. The zero-order chi connectivity index (χ0) is 11.7. The van der Waals surface area contributed by atoms with Crippen molar-refractivity contribution >= 4 is 17.1 Å². The first kappa shape index (κ1) is 11.8. The first-order valence-corrected chi connectivity index (χ1v) is 7.01. The van der Waals surface area contributed by atoms with Gasteiger partial charge in [0.1, 0.15) is 0 Å². The molecule has 1 saturated carbocycles. The van der Waals surface area contributed by atoms with Crippen LogP contribution < -0.4 is 0 Å². The Kier molecular flexibility index (Phi) is 3.48. The van der Waals surface area contributed by atoms with Crippen LogP contribution in [0.3, 0.4) is 0 Å². The quantitative estimate of drug-likeness (QED) is 0.697. The van der Waals surface area contributed by atoms with Gasteiger partial charge in [0.25, 0.3) is 0 Å². The van der Waals surface area contributed by atoms with E-state index in [4.69, 9.17) is 0 Å². The van der Waals surface area contributed by atoms with Gasteiger partial charge in [0.15, 0.2) is 5.78 Å². The number of ketones is 1. The molecule has 1 aliphatic carbocycles. The van der Waals surface area contributed by atoms with E-state index in [-0.39, 0.29) is 0 Å². The predicted octanol–water partition coefficient (Wildman–Crippen LogP) is 4.37. The van der Waals surface area contributed by atoms with E-state index in [0.29, 0.717) is 11.7 Å². The van der Waals surface area contributed by atoms with Crippen LogP contribution in [0.4, 0.5) is 0 Å². The normalized spacial score (nSPS) is 25.7. The fraction of sp³-hybridized carbons (Fsp3) is 0.643. The molecule has 0 bridgehead atoms. The first-order valence-electron chi connectivity index (χ1n) is 6.19. The van der Waals surface area contributed by atoms with Crippen molar-refractivity contribution in [3.63, 3.8) is 0 Å². The van der Waals surface area contributed by atoms with Gasteiger partial charge in [-0.2, -0.15) is 0 Å². The fourth-order valence-corrected chi connectivity index (χ4v) is 3.64. The summed E-state index contributed by atoms with van der Waals surface area (Å²) in [6.45, 7) is 6.43. The van der Waals surface area contributed by atoms with Gasteiger partial charge < -0.3 is 0 Å². The minimum absolute atomic E-state index is 0.299. The Morgan fingerprint density at radius 3 is 2.38 bits per heavy atom. The fourth-order valence-electron chi connectivity index (χ4n) is 2.59. The van der Waals surface area contributed by atoms with E-state index in [0.717, 1.165) is 23.6 Å². The van der Waals surface area contributed by atoms with Gasteiger partial charge in [-0.15, -0.1) is 11.3 Å². The number of hydrogen-bond acceptors (Lipinski definition) is 2. The summed E-state index contributed by atoms with van der Waals surface area (Å²) in [5.41, 5.74) is 1.17. The molecule has 1 nitrogen and oxygen atoms in total. The summed E-state index contributed by atoms with van der Waals surface area (Å²) >= 11 is 1.67. The van der Waals surface area contributed by atoms with E-state index >= 15 is 0 Å². The lowest BCUT2D eigenvalue weighted by molar-refractivity contribution is 0.0879. The molecule has 0 saturated heterocycles. The molecule has 1 fully saturated rings. The van der Waals surface area contributed by atoms with E-state index in [9.17, 15) is 4.79 Å². The highest BCUT2D eigenvalue weighted by Crippen LogP contribution is 2.33. The Morgan fingerprint density at radius 1 is 1.25 bits per heavy atom. The molecule has 2 rings (SSSR count). The Balaban J connectivity index is 2.10. The highest BCUT2D eigenvalue weighted by atomic mass is 32.1. The zero-order valence-electron chi connectivity index (χ0n) is 10.4.